The SMILES string of the molecule is CN(C)S(=O)(=O)N[C@@H]1CCN(CC=Cc2ccccc2)C[C@H]1O. The first-order valence-electron chi connectivity index (χ1n) is 7.70. The summed E-state index contributed by atoms with van der Waals surface area (Å²) in [5, 5.41) is 10.2. The first-order chi connectivity index (χ1) is 10.9. The first kappa shape index (κ1) is 18.1. The van der Waals surface area contributed by atoms with Gasteiger partial charge >= 0.3 is 0 Å². The summed E-state index contributed by atoms with van der Waals surface area (Å²) in [6.07, 6.45) is 4.00. The second-order valence-corrected chi connectivity index (χ2v) is 7.86. The van der Waals surface area contributed by atoms with E-state index in [1.807, 2.05) is 36.4 Å². The third-order valence-corrected chi connectivity index (χ3v) is 5.48. The van der Waals surface area contributed by atoms with Crippen LogP contribution in [0.25, 0.3) is 6.08 Å². The van der Waals surface area contributed by atoms with Crippen molar-refractivity contribution >= 4 is 16.3 Å². The average molecular weight is 339 g/mol. The van der Waals surface area contributed by atoms with E-state index >= 15 is 0 Å². The summed E-state index contributed by atoms with van der Waals surface area (Å²) in [6, 6.07) is 9.60. The molecule has 128 valence electrons. The molecule has 0 aromatic heterocycles. The van der Waals surface area contributed by atoms with E-state index in [0.717, 1.165) is 23.0 Å². The molecule has 1 heterocycles. The van der Waals surface area contributed by atoms with Crippen LogP contribution in [0.4, 0.5) is 0 Å². The van der Waals surface area contributed by atoms with E-state index in [4.69, 9.17) is 0 Å². The van der Waals surface area contributed by atoms with Gasteiger partial charge in [0.15, 0.2) is 0 Å². The van der Waals surface area contributed by atoms with E-state index in [1.54, 1.807) is 0 Å². The summed E-state index contributed by atoms with van der Waals surface area (Å²) in [6.45, 7) is 1.94. The lowest BCUT2D eigenvalue weighted by Crippen LogP contribution is -2.55. The highest BCUT2D eigenvalue weighted by atomic mass is 32.2. The summed E-state index contributed by atoms with van der Waals surface area (Å²) < 4.78 is 27.3. The van der Waals surface area contributed by atoms with E-state index in [0.29, 0.717) is 13.0 Å². The molecule has 2 rings (SSSR count). The molecule has 23 heavy (non-hydrogen) atoms. The maximum absolute atomic E-state index is 11.8. The summed E-state index contributed by atoms with van der Waals surface area (Å²) in [5.74, 6) is 0. The van der Waals surface area contributed by atoms with Crippen LogP contribution < -0.4 is 4.72 Å². The molecule has 1 aromatic carbocycles. The van der Waals surface area contributed by atoms with Crippen molar-refractivity contribution in [3.63, 3.8) is 0 Å². The van der Waals surface area contributed by atoms with Gasteiger partial charge in [0.1, 0.15) is 0 Å². The third-order valence-electron chi connectivity index (χ3n) is 3.92. The van der Waals surface area contributed by atoms with Crippen LogP contribution in [0.5, 0.6) is 0 Å². The van der Waals surface area contributed by atoms with Gasteiger partial charge in [0.2, 0.25) is 0 Å². The molecule has 0 spiro atoms. The quantitative estimate of drug-likeness (QED) is 0.793. The standard InChI is InChI=1S/C16H25N3O3S/c1-18(2)23(21,22)17-15-10-12-19(13-16(15)20)11-6-9-14-7-4-3-5-8-14/h3-9,15-17,20H,10-13H2,1-2H3/t15-,16-/m1/s1. The normalized spacial score (nSPS) is 23.7. The minimum Gasteiger partial charge on any atom is -0.390 e. The molecule has 0 bridgehead atoms. The molecule has 1 fully saturated rings. The van der Waals surface area contributed by atoms with Gasteiger partial charge in [-0.2, -0.15) is 17.4 Å². The maximum atomic E-state index is 11.8. The average Bonchev–Trinajstić information content (AvgIpc) is 2.51. The van der Waals surface area contributed by atoms with Crippen molar-refractivity contribution in [1.29, 1.82) is 0 Å². The minimum absolute atomic E-state index is 0.434. The van der Waals surface area contributed by atoms with Gasteiger partial charge in [-0.15, -0.1) is 0 Å². The highest BCUT2D eigenvalue weighted by Crippen LogP contribution is 2.13. The molecule has 1 aromatic rings. The molecule has 0 unspecified atom stereocenters. The largest absolute Gasteiger partial charge is 0.390 e. The predicted molar refractivity (Wildman–Crippen MR) is 92.1 cm³/mol. The Morgan fingerprint density at radius 2 is 2.04 bits per heavy atom. The number of likely N-dealkylation sites (tertiary alicyclic amines) is 1. The second kappa shape index (κ2) is 8.03. The van der Waals surface area contributed by atoms with E-state index in [9.17, 15) is 13.5 Å². The lowest BCUT2D eigenvalue weighted by atomic mass is 10.0. The fourth-order valence-corrected chi connectivity index (χ4v) is 3.37. The van der Waals surface area contributed by atoms with Crippen molar-refractivity contribution in [1.82, 2.24) is 13.9 Å². The summed E-state index contributed by atoms with van der Waals surface area (Å²) in [5.41, 5.74) is 1.14. The van der Waals surface area contributed by atoms with Crippen LogP contribution in [0.2, 0.25) is 0 Å². The third kappa shape index (κ3) is 5.40. The van der Waals surface area contributed by atoms with Crippen molar-refractivity contribution in [3.8, 4) is 0 Å². The number of rotatable bonds is 6. The number of hydrogen-bond donors (Lipinski definition) is 2. The monoisotopic (exact) mass is 339 g/mol. The zero-order valence-electron chi connectivity index (χ0n) is 13.6. The molecular weight excluding hydrogens is 314 g/mol. The Morgan fingerprint density at radius 3 is 2.65 bits per heavy atom. The van der Waals surface area contributed by atoms with Gasteiger partial charge in [0, 0.05) is 33.7 Å². The van der Waals surface area contributed by atoms with Gasteiger partial charge in [0.05, 0.1) is 12.1 Å². The molecule has 0 radical (unpaired) electrons. The zero-order chi connectivity index (χ0) is 16.9. The molecule has 7 heteroatoms. The van der Waals surface area contributed by atoms with Crippen LogP contribution >= 0.6 is 0 Å². The predicted octanol–water partition coefficient (Wildman–Crippen LogP) is 0.531. The summed E-state index contributed by atoms with van der Waals surface area (Å²) in [7, 11) is -0.569. The molecule has 0 aliphatic carbocycles. The van der Waals surface area contributed by atoms with Gasteiger partial charge in [-0.3, -0.25) is 4.90 Å². The Morgan fingerprint density at radius 1 is 1.35 bits per heavy atom. The maximum Gasteiger partial charge on any atom is 0.279 e. The Balaban J connectivity index is 1.83. The number of nitrogens with zero attached hydrogens (tertiary/aromatic N) is 2. The minimum atomic E-state index is -3.51. The van der Waals surface area contributed by atoms with Crippen LogP contribution in [0.3, 0.4) is 0 Å². The van der Waals surface area contributed by atoms with Gasteiger partial charge in [-0.25, -0.2) is 0 Å². The van der Waals surface area contributed by atoms with Crippen molar-refractivity contribution in [2.75, 3.05) is 33.7 Å². The first-order valence-corrected chi connectivity index (χ1v) is 9.14. The highest BCUT2D eigenvalue weighted by molar-refractivity contribution is 7.87. The highest BCUT2D eigenvalue weighted by Gasteiger charge is 2.30. The van der Waals surface area contributed by atoms with E-state index in [2.05, 4.69) is 15.7 Å². The number of benzene rings is 1. The van der Waals surface area contributed by atoms with Crippen molar-refractivity contribution in [2.45, 2.75) is 18.6 Å². The van der Waals surface area contributed by atoms with Crippen LogP contribution in [0.15, 0.2) is 36.4 Å². The van der Waals surface area contributed by atoms with Crippen molar-refractivity contribution in [2.24, 2.45) is 0 Å². The topological polar surface area (TPSA) is 72.9 Å². The molecule has 2 atom stereocenters. The number of hydrogen-bond acceptors (Lipinski definition) is 4. The fourth-order valence-electron chi connectivity index (χ4n) is 2.50. The summed E-state index contributed by atoms with van der Waals surface area (Å²) >= 11 is 0. The van der Waals surface area contributed by atoms with Gasteiger partial charge in [-0.1, -0.05) is 42.5 Å². The van der Waals surface area contributed by atoms with Crippen molar-refractivity contribution in [3.05, 3.63) is 42.0 Å². The van der Waals surface area contributed by atoms with Gasteiger partial charge < -0.3 is 5.11 Å². The lowest BCUT2D eigenvalue weighted by molar-refractivity contribution is 0.0532. The van der Waals surface area contributed by atoms with E-state index in [-0.39, 0.29) is 0 Å². The molecule has 0 amide bonds. The van der Waals surface area contributed by atoms with Crippen LogP contribution in [0.1, 0.15) is 12.0 Å². The molecule has 1 aliphatic heterocycles. The number of β-amino-alcohol motifs (C(OH)–C–C–N with tert-alkyl or cyclic N) is 1. The van der Waals surface area contributed by atoms with E-state index < -0.39 is 22.4 Å². The Kier molecular flexibility index (Phi) is 6.32. The second-order valence-electron chi connectivity index (χ2n) is 5.94. The number of nitrogens with one attached hydrogen (secondary N) is 1. The number of piperidine rings is 1. The lowest BCUT2D eigenvalue weighted by Gasteiger charge is -2.35. The molecule has 2 N–H and O–H groups in total. The Bertz CT molecular complexity index is 617. The molecule has 0 saturated carbocycles. The zero-order valence-corrected chi connectivity index (χ0v) is 14.4. The number of aliphatic hydroxyl groups excluding tert-OH is 1. The molecular formula is C16H25N3O3S. The van der Waals surface area contributed by atoms with Crippen LogP contribution in [-0.2, 0) is 10.2 Å². The van der Waals surface area contributed by atoms with Crippen LogP contribution in [0, 0.1) is 0 Å². The Labute approximate surface area is 138 Å². The molecule has 6 nitrogen and oxygen atoms in total. The number of aliphatic hydroxyl groups is 1. The Hall–Kier alpha value is -1.25. The van der Waals surface area contributed by atoms with Gasteiger partial charge in [-0.05, 0) is 12.0 Å². The smallest absolute Gasteiger partial charge is 0.279 e. The molecule has 1 aliphatic rings. The molecule has 1 saturated heterocycles. The fraction of sp³-hybridized carbons (Fsp3) is 0.500. The summed E-state index contributed by atoms with van der Waals surface area (Å²) in [4.78, 5) is 2.12. The van der Waals surface area contributed by atoms with Gasteiger partial charge in [0.25, 0.3) is 10.2 Å². The van der Waals surface area contributed by atoms with Crippen LogP contribution in [-0.4, -0.2) is 68.6 Å². The van der Waals surface area contributed by atoms with E-state index in [1.165, 1.54) is 14.1 Å². The van der Waals surface area contributed by atoms with Crippen molar-refractivity contribution < 1.29 is 13.5 Å².